The molecule has 0 bridgehead atoms. The summed E-state index contributed by atoms with van der Waals surface area (Å²) >= 11 is 0. The molecule has 1 aliphatic rings. The molecule has 0 aromatic carbocycles. The second kappa shape index (κ2) is 7.95. The van der Waals surface area contributed by atoms with E-state index in [2.05, 4.69) is 31.6 Å². The number of piperidine rings is 1. The van der Waals surface area contributed by atoms with Gasteiger partial charge in [0, 0.05) is 37.4 Å². The van der Waals surface area contributed by atoms with Crippen LogP contribution < -0.4 is 0 Å². The number of carbonyl (C=O) groups excluding carboxylic acids is 1. The molecule has 1 aliphatic heterocycles. The molecule has 0 spiro atoms. The van der Waals surface area contributed by atoms with Gasteiger partial charge in [0.15, 0.2) is 0 Å². The van der Waals surface area contributed by atoms with Crippen molar-refractivity contribution in [2.24, 2.45) is 0 Å². The van der Waals surface area contributed by atoms with E-state index in [1.165, 1.54) is 0 Å². The van der Waals surface area contributed by atoms with Gasteiger partial charge in [0.2, 0.25) is 0 Å². The second-order valence-electron chi connectivity index (χ2n) is 7.21. The summed E-state index contributed by atoms with van der Waals surface area (Å²) in [4.78, 5) is 20.9. The molecule has 3 rings (SSSR count). The molecule has 2 aromatic heterocycles. The van der Waals surface area contributed by atoms with Crippen LogP contribution >= 0.6 is 0 Å². The highest BCUT2D eigenvalue weighted by atomic mass is 16.2. The van der Waals surface area contributed by atoms with Gasteiger partial charge in [-0.15, -0.1) is 10.2 Å². The van der Waals surface area contributed by atoms with Gasteiger partial charge >= 0.3 is 0 Å². The highest BCUT2D eigenvalue weighted by Crippen LogP contribution is 2.28. The van der Waals surface area contributed by atoms with Crippen molar-refractivity contribution in [3.05, 3.63) is 41.2 Å². The topological polar surface area (TPSA) is 67.2 Å². The number of hydrogen-bond donors (Lipinski definition) is 0. The molecule has 1 saturated heterocycles. The monoisotopic (exact) mass is 356 g/mol. The summed E-state index contributed by atoms with van der Waals surface area (Å²) in [5.74, 6) is 2.50. The third kappa shape index (κ3) is 3.93. The lowest BCUT2D eigenvalue weighted by molar-refractivity contribution is 0.0709. The van der Waals surface area contributed by atoms with Crippen LogP contribution in [0.5, 0.6) is 0 Å². The van der Waals surface area contributed by atoms with Gasteiger partial charge in [0.05, 0.1) is 12.1 Å². The van der Waals surface area contributed by atoms with Crippen LogP contribution in [0.25, 0.3) is 0 Å². The maximum Gasteiger partial charge on any atom is 0.255 e. The predicted octanol–water partition coefficient (Wildman–Crippen LogP) is 2.08. The van der Waals surface area contributed by atoms with Crippen LogP contribution in [0.15, 0.2) is 18.3 Å². The molecule has 3 heterocycles. The lowest BCUT2D eigenvalue weighted by atomic mass is 9.95. The molecule has 0 atom stereocenters. The Morgan fingerprint density at radius 2 is 1.96 bits per heavy atom. The predicted molar refractivity (Wildman–Crippen MR) is 99.9 cm³/mol. The van der Waals surface area contributed by atoms with Crippen LogP contribution in [-0.2, 0) is 13.1 Å². The summed E-state index contributed by atoms with van der Waals surface area (Å²) in [5, 5.41) is 8.87. The van der Waals surface area contributed by atoms with E-state index in [4.69, 9.17) is 0 Å². The van der Waals surface area contributed by atoms with E-state index < -0.39 is 0 Å². The molecule has 1 amide bonds. The third-order valence-corrected chi connectivity index (χ3v) is 4.94. The van der Waals surface area contributed by atoms with Crippen molar-refractivity contribution in [1.29, 1.82) is 0 Å². The van der Waals surface area contributed by atoms with Crippen molar-refractivity contribution in [2.45, 2.75) is 45.7 Å². The second-order valence-corrected chi connectivity index (χ2v) is 7.21. The maximum absolute atomic E-state index is 12.6. The molecular formula is C19H28N6O. The zero-order chi connectivity index (χ0) is 18.7. The fourth-order valence-corrected chi connectivity index (χ4v) is 3.51. The van der Waals surface area contributed by atoms with Crippen LogP contribution in [-0.4, -0.2) is 62.6 Å². The number of hydrogen-bond acceptors (Lipinski definition) is 5. The first-order valence-electron chi connectivity index (χ1n) is 9.28. The fourth-order valence-electron chi connectivity index (χ4n) is 3.51. The summed E-state index contributed by atoms with van der Waals surface area (Å²) in [6.45, 7) is 7.22. The fraction of sp³-hybridized carbons (Fsp3) is 0.579. The third-order valence-electron chi connectivity index (χ3n) is 4.94. The Labute approximate surface area is 155 Å². The Kier molecular flexibility index (Phi) is 5.66. The van der Waals surface area contributed by atoms with Crippen molar-refractivity contribution in [3.63, 3.8) is 0 Å². The van der Waals surface area contributed by atoms with Gasteiger partial charge < -0.3 is 14.4 Å². The first-order chi connectivity index (χ1) is 12.5. The number of carbonyl (C=O) groups is 1. The zero-order valence-electron chi connectivity index (χ0n) is 16.1. The first-order valence-corrected chi connectivity index (χ1v) is 9.28. The van der Waals surface area contributed by atoms with E-state index in [0.29, 0.717) is 11.5 Å². The molecule has 0 unspecified atom stereocenters. The summed E-state index contributed by atoms with van der Waals surface area (Å²) in [7, 11) is 4.08. The molecule has 7 nitrogen and oxygen atoms in total. The van der Waals surface area contributed by atoms with Crippen LogP contribution in [0.3, 0.4) is 0 Å². The number of amides is 1. The number of aromatic nitrogens is 4. The average molecular weight is 356 g/mol. The smallest absolute Gasteiger partial charge is 0.255 e. The standard InChI is InChI=1S/C19H28N6O/c1-5-25-17(13-23(3)4)21-22-18(25)15-8-10-24(11-9-15)19(26)16-7-6-14(2)20-12-16/h6-7,12,15H,5,8-11,13H2,1-4H3. The molecule has 140 valence electrons. The Hall–Kier alpha value is -2.28. The van der Waals surface area contributed by atoms with Crippen molar-refractivity contribution >= 4 is 5.91 Å². The van der Waals surface area contributed by atoms with Gasteiger partial charge in [-0.05, 0) is 52.9 Å². The molecular weight excluding hydrogens is 328 g/mol. The lowest BCUT2D eigenvalue weighted by Gasteiger charge is -2.31. The van der Waals surface area contributed by atoms with Crippen molar-refractivity contribution in [3.8, 4) is 0 Å². The molecule has 1 fully saturated rings. The van der Waals surface area contributed by atoms with Crippen molar-refractivity contribution in [1.82, 2.24) is 29.5 Å². The van der Waals surface area contributed by atoms with Gasteiger partial charge in [-0.3, -0.25) is 9.78 Å². The maximum atomic E-state index is 12.6. The van der Waals surface area contributed by atoms with Gasteiger partial charge in [-0.25, -0.2) is 0 Å². The minimum atomic E-state index is 0.0706. The number of likely N-dealkylation sites (tertiary alicyclic amines) is 1. The quantitative estimate of drug-likeness (QED) is 0.821. The SMILES string of the molecule is CCn1c(CN(C)C)nnc1C1CCN(C(=O)c2ccc(C)nc2)CC1. The molecule has 2 aromatic rings. The van der Waals surface area contributed by atoms with Crippen molar-refractivity contribution in [2.75, 3.05) is 27.2 Å². The van der Waals surface area contributed by atoms with Crippen molar-refractivity contribution < 1.29 is 4.79 Å². The van der Waals surface area contributed by atoms with E-state index in [9.17, 15) is 4.79 Å². The summed E-state index contributed by atoms with van der Waals surface area (Å²) in [5.41, 5.74) is 1.59. The highest BCUT2D eigenvalue weighted by Gasteiger charge is 2.28. The average Bonchev–Trinajstić information content (AvgIpc) is 3.03. The Morgan fingerprint density at radius 3 is 2.54 bits per heavy atom. The first kappa shape index (κ1) is 18.5. The Bertz CT molecular complexity index is 744. The molecule has 0 radical (unpaired) electrons. The number of rotatable bonds is 5. The molecule has 0 N–H and O–H groups in total. The van der Waals surface area contributed by atoms with Gasteiger partial charge in [0.1, 0.15) is 11.6 Å². The largest absolute Gasteiger partial charge is 0.339 e. The van der Waals surface area contributed by atoms with Gasteiger partial charge in [-0.1, -0.05) is 0 Å². The summed E-state index contributed by atoms with van der Waals surface area (Å²) < 4.78 is 2.23. The van der Waals surface area contributed by atoms with E-state index in [1.807, 2.05) is 38.1 Å². The molecule has 7 heteroatoms. The van der Waals surface area contributed by atoms with Crippen LogP contribution in [0.1, 0.15) is 53.4 Å². The summed E-state index contributed by atoms with van der Waals surface area (Å²) in [6, 6.07) is 3.74. The Morgan fingerprint density at radius 1 is 1.23 bits per heavy atom. The molecule has 26 heavy (non-hydrogen) atoms. The Balaban J connectivity index is 1.66. The number of aryl methyl sites for hydroxylation is 1. The lowest BCUT2D eigenvalue weighted by Crippen LogP contribution is -2.38. The van der Waals surface area contributed by atoms with Gasteiger partial charge in [-0.2, -0.15) is 0 Å². The van der Waals surface area contributed by atoms with E-state index in [-0.39, 0.29) is 5.91 Å². The molecule has 0 aliphatic carbocycles. The van der Waals surface area contributed by atoms with E-state index in [1.54, 1.807) is 6.20 Å². The number of pyridine rings is 1. The van der Waals surface area contributed by atoms with Crippen LogP contribution in [0.4, 0.5) is 0 Å². The van der Waals surface area contributed by atoms with Gasteiger partial charge in [0.25, 0.3) is 5.91 Å². The van der Waals surface area contributed by atoms with E-state index >= 15 is 0 Å². The zero-order valence-corrected chi connectivity index (χ0v) is 16.1. The normalized spacial score (nSPS) is 15.7. The van der Waals surface area contributed by atoms with Crippen LogP contribution in [0.2, 0.25) is 0 Å². The number of nitrogens with zero attached hydrogens (tertiary/aromatic N) is 6. The van der Waals surface area contributed by atoms with E-state index in [0.717, 1.165) is 56.4 Å². The molecule has 0 saturated carbocycles. The minimum Gasteiger partial charge on any atom is -0.339 e. The van der Waals surface area contributed by atoms with Crippen LogP contribution in [0, 0.1) is 6.92 Å². The summed E-state index contributed by atoms with van der Waals surface area (Å²) in [6.07, 6.45) is 3.52. The highest BCUT2D eigenvalue weighted by molar-refractivity contribution is 5.94. The minimum absolute atomic E-state index is 0.0706.